The average molecular weight is 132 g/mol. The van der Waals surface area contributed by atoms with Crippen LogP contribution in [0.4, 0.5) is 0 Å². The van der Waals surface area contributed by atoms with Crippen LogP contribution in [0.5, 0.6) is 0 Å². The molecule has 0 aromatic carbocycles. The summed E-state index contributed by atoms with van der Waals surface area (Å²) in [6.45, 7) is 0. The number of hydrogen-bond acceptors (Lipinski definition) is 3. The van der Waals surface area contributed by atoms with Crippen LogP contribution in [0.3, 0.4) is 0 Å². The minimum absolute atomic E-state index is 1.25. The average Bonchev–Trinajstić information content (AvgIpc) is 1.70. The molecule has 48 valence electrons. The molecule has 0 radical (unpaired) electrons. The Balaban J connectivity index is -0.0000000600. The van der Waals surface area contributed by atoms with Crippen LogP contribution in [0.15, 0.2) is 0 Å². The van der Waals surface area contributed by atoms with Gasteiger partial charge in [-0.05, 0) is 0 Å². The van der Waals surface area contributed by atoms with Gasteiger partial charge in [-0.3, -0.25) is 16.6 Å². The molecule has 0 aliphatic rings. The van der Waals surface area contributed by atoms with Crippen molar-refractivity contribution in [1.82, 2.24) is 14.9 Å². The Labute approximate surface area is 47.5 Å². The number of nitrogens with zero attached hydrogens (tertiary/aromatic N) is 6. The third-order valence-corrected chi connectivity index (χ3v) is 0. The summed E-state index contributed by atoms with van der Waals surface area (Å²) in [7, 11) is 0. The zero-order valence-corrected chi connectivity index (χ0v) is 3.91. The zero-order valence-electron chi connectivity index (χ0n) is 3.91. The molecule has 0 atom stereocenters. The van der Waals surface area contributed by atoms with Crippen molar-refractivity contribution in [3.05, 3.63) is 31.3 Å². The second kappa shape index (κ2) is 167. The lowest BCUT2D eigenvalue weighted by Gasteiger charge is -0.999. The fourth-order valence-corrected chi connectivity index (χ4v) is 0. The van der Waals surface area contributed by atoms with Gasteiger partial charge in [0.2, 0.25) is 0 Å². The van der Waals surface area contributed by atoms with E-state index in [1.165, 1.54) is 14.9 Å². The largest absolute Gasteiger partial charge is 0.294 e. The molecule has 0 aliphatic carbocycles. The molecule has 0 fully saturated rings. The van der Waals surface area contributed by atoms with Crippen molar-refractivity contribution in [3.63, 3.8) is 0 Å². The molecule has 9 nitrogen and oxygen atoms in total. The molecule has 9 heavy (non-hydrogen) atoms. The van der Waals surface area contributed by atoms with Crippen LogP contribution in [0.2, 0.25) is 0 Å². The second-order valence-corrected chi connectivity index (χ2v) is 0.245. The van der Waals surface area contributed by atoms with Crippen molar-refractivity contribution in [3.8, 4) is 0 Å². The minimum atomic E-state index is 1.25. The van der Waals surface area contributed by atoms with E-state index in [-0.39, 0.29) is 0 Å². The Kier molecular flexibility index (Phi) is 292. The lowest BCUT2D eigenvalue weighted by Crippen LogP contribution is -1.21. The van der Waals surface area contributed by atoms with Crippen LogP contribution in [-0.2, 0) is 0 Å². The molecule has 0 N–H and O–H groups in total. The smallest absolute Gasteiger partial charge is 0.151 e. The van der Waals surface area contributed by atoms with Gasteiger partial charge >= 0.3 is 0 Å². The molecule has 0 amide bonds. The van der Waals surface area contributed by atoms with Gasteiger partial charge in [-0.2, -0.15) is 0 Å². The standard InChI is InChI=1S/3N2O/c3*1-2-3. The topological polar surface area (TPSA) is 160 Å². The SMILES string of the molecule is [N-]=[N+]=O.[N-]=[N+]=O.[N-]=[N+]=O. The first-order chi connectivity index (χ1) is 4.24. The highest BCUT2D eigenvalue weighted by Gasteiger charge is 1.07. The number of nitroso groups, excluding NO2 is 3. The van der Waals surface area contributed by atoms with Crippen LogP contribution < -0.4 is 14.9 Å². The molecule has 0 saturated carbocycles. The van der Waals surface area contributed by atoms with Crippen molar-refractivity contribution in [2.75, 3.05) is 0 Å². The summed E-state index contributed by atoms with van der Waals surface area (Å²) in [5.74, 6) is 0. The van der Waals surface area contributed by atoms with E-state index in [2.05, 4.69) is 0 Å². The molecule has 9 heteroatoms. The summed E-state index contributed by atoms with van der Waals surface area (Å²) in [5, 5.41) is 0. The molecule has 0 aromatic heterocycles. The van der Waals surface area contributed by atoms with E-state index < -0.39 is 0 Å². The van der Waals surface area contributed by atoms with E-state index in [1.54, 1.807) is 0 Å². The molecule has 0 unspecified atom stereocenters. The van der Waals surface area contributed by atoms with Gasteiger partial charge in [-0.15, -0.1) is 0 Å². The minimum Gasteiger partial charge on any atom is -0.294 e. The molecule has 0 spiro atoms. The molecule has 0 aliphatic heterocycles. The van der Waals surface area contributed by atoms with E-state index >= 15 is 0 Å². The molecular formula is N6O3. The summed E-state index contributed by atoms with van der Waals surface area (Å²) in [4.78, 5) is 28.1. The number of rotatable bonds is 0. The van der Waals surface area contributed by atoms with Gasteiger partial charge in [0.1, 0.15) is 14.9 Å². The van der Waals surface area contributed by atoms with Crippen LogP contribution in [-0.4, -0.2) is 0 Å². The van der Waals surface area contributed by atoms with Crippen molar-refractivity contribution < 1.29 is 0 Å². The molecule has 0 bridgehead atoms. The molecule has 0 heterocycles. The molecule has 0 saturated heterocycles. The summed E-state index contributed by atoms with van der Waals surface area (Å²) >= 11 is 0. The fraction of sp³-hybridized carbons (Fsp3) is 0. The van der Waals surface area contributed by atoms with Crippen molar-refractivity contribution in [1.29, 1.82) is 0 Å². The van der Waals surface area contributed by atoms with Gasteiger partial charge in [-0.25, -0.2) is 0 Å². The molecule has 0 rings (SSSR count). The van der Waals surface area contributed by atoms with Crippen molar-refractivity contribution >= 4 is 0 Å². The van der Waals surface area contributed by atoms with E-state index in [4.69, 9.17) is 31.3 Å². The van der Waals surface area contributed by atoms with E-state index in [0.29, 0.717) is 0 Å². The lowest BCUT2D eigenvalue weighted by atomic mass is 13.2. The number of hydrogen-bond donors (Lipinski definition) is 0. The highest BCUT2D eigenvalue weighted by atomic mass is 16.3. The Morgan fingerprint density at radius 2 is 0.667 bits per heavy atom. The van der Waals surface area contributed by atoms with Crippen LogP contribution in [0.25, 0.3) is 16.6 Å². The quantitative estimate of drug-likeness (QED) is 0.322. The van der Waals surface area contributed by atoms with E-state index in [9.17, 15) is 0 Å². The van der Waals surface area contributed by atoms with E-state index in [0.717, 1.165) is 0 Å². The maximum Gasteiger partial charge on any atom is 0.151 e. The highest BCUT2D eigenvalue weighted by Crippen LogP contribution is 0.911. The second-order valence-electron chi connectivity index (χ2n) is 0.245. The van der Waals surface area contributed by atoms with Crippen LogP contribution in [0.1, 0.15) is 0 Å². The fourth-order valence-electron chi connectivity index (χ4n) is 0. The predicted octanol–water partition coefficient (Wildman–Crippen LogP) is -0.475. The Bertz CT molecular complexity index is 99.9. The van der Waals surface area contributed by atoms with Gasteiger partial charge in [0, 0.05) is 0 Å². The summed E-state index contributed by atoms with van der Waals surface area (Å²) in [6, 6.07) is 0. The van der Waals surface area contributed by atoms with Gasteiger partial charge in [0.15, 0.2) is 14.7 Å². The summed E-state index contributed by atoms with van der Waals surface area (Å²) in [6.07, 6.45) is 0. The Hall–Kier alpha value is -2.07. The zero-order chi connectivity index (χ0) is 8.12. The van der Waals surface area contributed by atoms with Crippen molar-refractivity contribution in [2.45, 2.75) is 0 Å². The van der Waals surface area contributed by atoms with Gasteiger partial charge in [0.05, 0.1) is 0 Å². The first kappa shape index (κ1) is 15.8. The Morgan fingerprint density at radius 1 is 0.667 bits per heavy atom. The molecular weight excluding hydrogens is 132 g/mol. The first-order valence-corrected chi connectivity index (χ1v) is 1.15. The Morgan fingerprint density at radius 3 is 0.667 bits per heavy atom. The van der Waals surface area contributed by atoms with Crippen molar-refractivity contribution in [2.24, 2.45) is 0 Å². The third kappa shape index (κ3) is 21.4. The van der Waals surface area contributed by atoms with Gasteiger partial charge in [-0.1, -0.05) is 0 Å². The van der Waals surface area contributed by atoms with Gasteiger partial charge in [0.25, 0.3) is 0 Å². The summed E-state index contributed by atoms with van der Waals surface area (Å²) in [5.41, 5.74) is 19.9. The van der Waals surface area contributed by atoms with Gasteiger partial charge < -0.3 is 0 Å². The monoisotopic (exact) mass is 132 g/mol. The maximum absolute atomic E-state index is 8.11. The molecule has 0 aromatic rings. The normalized spacial score (nSPS) is 2.67. The maximum atomic E-state index is 8.11. The van der Waals surface area contributed by atoms with Crippen LogP contribution >= 0.6 is 0 Å². The highest BCUT2D eigenvalue weighted by molar-refractivity contribution is 3.93. The third-order valence-electron chi connectivity index (χ3n) is 0. The predicted molar refractivity (Wildman–Crippen MR) is 26.6 cm³/mol. The van der Waals surface area contributed by atoms with E-state index in [1.807, 2.05) is 0 Å². The first-order valence-electron chi connectivity index (χ1n) is 1.15. The summed E-state index contributed by atoms with van der Waals surface area (Å²) < 4.78 is 0. The lowest BCUT2D eigenvalue weighted by molar-refractivity contribution is 1.57. The van der Waals surface area contributed by atoms with Crippen LogP contribution in [0, 0.1) is 14.7 Å².